The SMILES string of the molecule is CCOc1ccc(OCC)c(NC(=O)[C@H]2CCCN(c3ncccn3)C2)c1. The second kappa shape index (κ2) is 9.21. The van der Waals surface area contributed by atoms with Gasteiger partial charge in [0.2, 0.25) is 11.9 Å². The highest BCUT2D eigenvalue weighted by Crippen LogP contribution is 2.31. The van der Waals surface area contributed by atoms with Crippen LogP contribution in [0.4, 0.5) is 11.6 Å². The van der Waals surface area contributed by atoms with E-state index >= 15 is 0 Å². The standard InChI is InChI=1S/C20H26N4O3/c1-3-26-16-8-9-18(27-4-2)17(13-16)23-19(25)15-7-5-12-24(14-15)20-21-10-6-11-22-20/h6,8-11,13,15H,3-5,7,12,14H2,1-2H3,(H,23,25)/t15-/m0/s1. The molecule has 0 spiro atoms. The molecule has 0 saturated carbocycles. The first-order valence-electron chi connectivity index (χ1n) is 9.43. The van der Waals surface area contributed by atoms with E-state index in [9.17, 15) is 4.79 Å². The molecule has 0 radical (unpaired) electrons. The van der Waals surface area contributed by atoms with Crippen molar-refractivity contribution in [2.45, 2.75) is 26.7 Å². The first kappa shape index (κ1) is 18.9. The van der Waals surface area contributed by atoms with Crippen LogP contribution in [-0.2, 0) is 4.79 Å². The number of hydrogen-bond donors (Lipinski definition) is 1. The molecule has 2 heterocycles. The zero-order valence-corrected chi connectivity index (χ0v) is 15.9. The molecule has 1 saturated heterocycles. The fourth-order valence-corrected chi connectivity index (χ4v) is 3.21. The summed E-state index contributed by atoms with van der Waals surface area (Å²) < 4.78 is 11.2. The summed E-state index contributed by atoms with van der Waals surface area (Å²) in [5.74, 6) is 1.87. The molecule has 1 N–H and O–H groups in total. The normalized spacial score (nSPS) is 16.7. The number of hydrogen-bond acceptors (Lipinski definition) is 6. The number of aromatic nitrogens is 2. The van der Waals surface area contributed by atoms with Crippen LogP contribution in [0.5, 0.6) is 11.5 Å². The lowest BCUT2D eigenvalue weighted by Crippen LogP contribution is -2.41. The van der Waals surface area contributed by atoms with Crippen LogP contribution in [0.3, 0.4) is 0 Å². The molecule has 1 aromatic heterocycles. The number of rotatable bonds is 7. The topological polar surface area (TPSA) is 76.6 Å². The Kier molecular flexibility index (Phi) is 6.46. The number of carbonyl (C=O) groups is 1. The number of nitrogens with zero attached hydrogens (tertiary/aromatic N) is 3. The van der Waals surface area contributed by atoms with Gasteiger partial charge in [0.1, 0.15) is 11.5 Å². The molecule has 27 heavy (non-hydrogen) atoms. The molecule has 3 rings (SSSR count). The number of amides is 1. The van der Waals surface area contributed by atoms with Gasteiger partial charge in [-0.05, 0) is 44.9 Å². The maximum atomic E-state index is 12.9. The molecule has 1 atom stereocenters. The van der Waals surface area contributed by atoms with Crippen molar-refractivity contribution in [2.75, 3.05) is 36.5 Å². The van der Waals surface area contributed by atoms with E-state index in [0.717, 1.165) is 19.4 Å². The summed E-state index contributed by atoms with van der Waals surface area (Å²) in [4.78, 5) is 23.6. The average molecular weight is 370 g/mol. The van der Waals surface area contributed by atoms with Gasteiger partial charge in [0.15, 0.2) is 0 Å². The fraction of sp³-hybridized carbons (Fsp3) is 0.450. The zero-order valence-electron chi connectivity index (χ0n) is 15.9. The van der Waals surface area contributed by atoms with Crippen LogP contribution in [0, 0.1) is 5.92 Å². The smallest absolute Gasteiger partial charge is 0.229 e. The first-order valence-corrected chi connectivity index (χ1v) is 9.43. The zero-order chi connectivity index (χ0) is 19.1. The summed E-state index contributed by atoms with van der Waals surface area (Å²) in [6.07, 6.45) is 5.21. The highest BCUT2D eigenvalue weighted by molar-refractivity contribution is 5.94. The van der Waals surface area contributed by atoms with Crippen molar-refractivity contribution in [3.05, 3.63) is 36.7 Å². The molecule has 7 heteroatoms. The van der Waals surface area contributed by atoms with Gasteiger partial charge in [-0.3, -0.25) is 4.79 Å². The third-order valence-corrected chi connectivity index (χ3v) is 4.45. The molecule has 144 valence electrons. The lowest BCUT2D eigenvalue weighted by atomic mass is 9.97. The molecule has 1 amide bonds. The summed E-state index contributed by atoms with van der Waals surface area (Å²) in [5.41, 5.74) is 0.640. The quantitative estimate of drug-likeness (QED) is 0.807. The Hall–Kier alpha value is -2.83. The van der Waals surface area contributed by atoms with Crippen molar-refractivity contribution in [2.24, 2.45) is 5.92 Å². The molecule has 0 bridgehead atoms. The number of carbonyl (C=O) groups excluding carboxylic acids is 1. The Morgan fingerprint density at radius 3 is 2.74 bits per heavy atom. The molecule has 2 aromatic rings. The monoisotopic (exact) mass is 370 g/mol. The summed E-state index contributed by atoms with van der Waals surface area (Å²) in [6, 6.07) is 7.28. The van der Waals surface area contributed by atoms with Gasteiger partial charge >= 0.3 is 0 Å². The van der Waals surface area contributed by atoms with E-state index in [1.165, 1.54) is 0 Å². The van der Waals surface area contributed by atoms with Crippen molar-refractivity contribution < 1.29 is 14.3 Å². The Morgan fingerprint density at radius 1 is 1.22 bits per heavy atom. The predicted molar refractivity (Wildman–Crippen MR) is 104 cm³/mol. The molecule has 1 fully saturated rings. The Morgan fingerprint density at radius 2 is 2.00 bits per heavy atom. The van der Waals surface area contributed by atoms with Gasteiger partial charge in [-0.25, -0.2) is 9.97 Å². The van der Waals surface area contributed by atoms with Gasteiger partial charge in [0, 0.05) is 31.5 Å². The van der Waals surface area contributed by atoms with Crippen LogP contribution in [0.15, 0.2) is 36.7 Å². The third-order valence-electron chi connectivity index (χ3n) is 4.45. The van der Waals surface area contributed by atoms with Gasteiger partial charge in [0.25, 0.3) is 0 Å². The molecule has 1 aliphatic rings. The van der Waals surface area contributed by atoms with E-state index in [0.29, 0.717) is 42.9 Å². The van der Waals surface area contributed by atoms with Crippen molar-refractivity contribution in [1.29, 1.82) is 0 Å². The average Bonchev–Trinajstić information content (AvgIpc) is 2.71. The molecular formula is C20H26N4O3. The summed E-state index contributed by atoms with van der Waals surface area (Å²) >= 11 is 0. The van der Waals surface area contributed by atoms with Crippen LogP contribution >= 0.6 is 0 Å². The van der Waals surface area contributed by atoms with Gasteiger partial charge in [-0.2, -0.15) is 0 Å². The Bertz CT molecular complexity index is 754. The lowest BCUT2D eigenvalue weighted by molar-refractivity contribution is -0.120. The van der Waals surface area contributed by atoms with Gasteiger partial charge in [-0.15, -0.1) is 0 Å². The van der Waals surface area contributed by atoms with Gasteiger partial charge in [-0.1, -0.05) is 0 Å². The highest BCUT2D eigenvalue weighted by Gasteiger charge is 2.27. The third kappa shape index (κ3) is 4.87. The number of anilines is 2. The van der Waals surface area contributed by atoms with Gasteiger partial charge in [0.05, 0.1) is 24.8 Å². The summed E-state index contributed by atoms with van der Waals surface area (Å²) in [7, 11) is 0. The first-order chi connectivity index (χ1) is 13.2. The summed E-state index contributed by atoms with van der Waals surface area (Å²) in [6.45, 7) is 6.40. The second-order valence-electron chi connectivity index (χ2n) is 6.35. The molecular weight excluding hydrogens is 344 g/mol. The van der Waals surface area contributed by atoms with E-state index in [2.05, 4.69) is 20.2 Å². The van der Waals surface area contributed by atoms with Crippen molar-refractivity contribution in [3.63, 3.8) is 0 Å². The van der Waals surface area contributed by atoms with E-state index < -0.39 is 0 Å². The number of piperidine rings is 1. The van der Waals surface area contributed by atoms with Crippen molar-refractivity contribution in [3.8, 4) is 11.5 Å². The minimum Gasteiger partial charge on any atom is -0.494 e. The Balaban J connectivity index is 1.71. The highest BCUT2D eigenvalue weighted by atomic mass is 16.5. The van der Waals surface area contributed by atoms with Crippen LogP contribution < -0.4 is 19.7 Å². The van der Waals surface area contributed by atoms with Crippen molar-refractivity contribution in [1.82, 2.24) is 9.97 Å². The number of nitrogens with one attached hydrogen (secondary N) is 1. The molecule has 0 aliphatic carbocycles. The van der Waals surface area contributed by atoms with Crippen LogP contribution in [0.25, 0.3) is 0 Å². The molecule has 1 aliphatic heterocycles. The van der Waals surface area contributed by atoms with E-state index in [1.807, 2.05) is 32.0 Å². The van der Waals surface area contributed by atoms with E-state index in [-0.39, 0.29) is 11.8 Å². The minimum atomic E-state index is -0.132. The van der Waals surface area contributed by atoms with Gasteiger partial charge < -0.3 is 19.7 Å². The van der Waals surface area contributed by atoms with Crippen LogP contribution in [0.2, 0.25) is 0 Å². The molecule has 1 aromatic carbocycles. The maximum Gasteiger partial charge on any atom is 0.229 e. The number of benzene rings is 1. The summed E-state index contributed by atoms with van der Waals surface area (Å²) in [5, 5.41) is 3.02. The van der Waals surface area contributed by atoms with Crippen LogP contribution in [0.1, 0.15) is 26.7 Å². The van der Waals surface area contributed by atoms with E-state index in [1.54, 1.807) is 18.5 Å². The molecule has 0 unspecified atom stereocenters. The Labute approximate surface area is 159 Å². The second-order valence-corrected chi connectivity index (χ2v) is 6.35. The van der Waals surface area contributed by atoms with E-state index in [4.69, 9.17) is 9.47 Å². The maximum absolute atomic E-state index is 12.9. The molecule has 7 nitrogen and oxygen atoms in total. The fourth-order valence-electron chi connectivity index (χ4n) is 3.21. The minimum absolute atomic E-state index is 0.0229. The van der Waals surface area contributed by atoms with Crippen LogP contribution in [-0.4, -0.2) is 42.2 Å². The number of ether oxygens (including phenoxy) is 2. The lowest BCUT2D eigenvalue weighted by Gasteiger charge is -2.32. The largest absolute Gasteiger partial charge is 0.494 e. The van der Waals surface area contributed by atoms with Crippen molar-refractivity contribution >= 4 is 17.5 Å². The predicted octanol–water partition coefficient (Wildman–Crippen LogP) is 3.13.